The summed E-state index contributed by atoms with van der Waals surface area (Å²) in [4.78, 5) is 5.25. The highest BCUT2D eigenvalue weighted by molar-refractivity contribution is 5.85. The van der Waals surface area contributed by atoms with E-state index in [1.54, 1.807) is 0 Å². The number of likely N-dealkylation sites (tertiary alicyclic amines) is 1. The Hall–Kier alpha value is -0.810. The molecule has 0 bridgehead atoms. The monoisotopic (exact) mass is 325 g/mol. The van der Waals surface area contributed by atoms with Crippen molar-refractivity contribution in [3.63, 3.8) is 0 Å². The number of nitrogens with zero attached hydrogens (tertiary/aromatic N) is 2. The van der Waals surface area contributed by atoms with Crippen molar-refractivity contribution in [2.75, 3.05) is 45.9 Å². The van der Waals surface area contributed by atoms with Crippen molar-refractivity contribution in [3.8, 4) is 5.75 Å². The summed E-state index contributed by atoms with van der Waals surface area (Å²) in [6, 6.07) is 9.33. The van der Waals surface area contributed by atoms with Crippen LogP contribution < -0.4 is 10.1 Å². The van der Waals surface area contributed by atoms with Gasteiger partial charge in [0, 0.05) is 51.9 Å². The maximum atomic E-state index is 5.50. The predicted octanol–water partition coefficient (Wildman–Crippen LogP) is 1.99. The Bertz CT molecular complexity index is 434. The molecule has 2 aliphatic rings. The lowest BCUT2D eigenvalue weighted by Gasteiger charge is -2.32. The molecule has 0 aliphatic carbocycles. The Kier molecular flexibility index (Phi) is 6.96. The molecular weight excluding hydrogens is 298 g/mol. The van der Waals surface area contributed by atoms with Crippen molar-refractivity contribution in [1.82, 2.24) is 15.1 Å². The summed E-state index contributed by atoms with van der Waals surface area (Å²) in [6.45, 7) is 11.0. The Morgan fingerprint density at radius 3 is 2.55 bits per heavy atom. The molecule has 1 aromatic rings. The zero-order valence-corrected chi connectivity index (χ0v) is 14.3. The van der Waals surface area contributed by atoms with Gasteiger partial charge in [-0.3, -0.25) is 9.80 Å². The molecule has 4 nitrogen and oxygen atoms in total. The molecule has 5 heteroatoms. The first-order valence-corrected chi connectivity index (χ1v) is 8.24. The van der Waals surface area contributed by atoms with Crippen molar-refractivity contribution in [1.29, 1.82) is 0 Å². The third-order valence-corrected chi connectivity index (χ3v) is 4.56. The van der Waals surface area contributed by atoms with Gasteiger partial charge in [-0.05, 0) is 31.0 Å². The van der Waals surface area contributed by atoms with Crippen LogP contribution in [0.3, 0.4) is 0 Å². The van der Waals surface area contributed by atoms with E-state index >= 15 is 0 Å². The first-order valence-electron chi connectivity index (χ1n) is 8.24. The molecule has 2 fully saturated rings. The van der Waals surface area contributed by atoms with Crippen LogP contribution in [0.5, 0.6) is 5.75 Å². The second-order valence-electron chi connectivity index (χ2n) is 6.04. The number of ether oxygens (including phenoxy) is 1. The first kappa shape index (κ1) is 17.5. The van der Waals surface area contributed by atoms with E-state index in [0.717, 1.165) is 38.0 Å². The third-order valence-electron chi connectivity index (χ3n) is 4.56. The van der Waals surface area contributed by atoms with E-state index in [9.17, 15) is 0 Å². The van der Waals surface area contributed by atoms with Gasteiger partial charge in [0.25, 0.3) is 0 Å². The van der Waals surface area contributed by atoms with Crippen molar-refractivity contribution in [2.45, 2.75) is 25.9 Å². The minimum absolute atomic E-state index is 0. The summed E-state index contributed by atoms with van der Waals surface area (Å²) < 4.78 is 5.50. The van der Waals surface area contributed by atoms with Gasteiger partial charge in [0.05, 0.1) is 6.61 Å². The largest absolute Gasteiger partial charge is 0.494 e. The van der Waals surface area contributed by atoms with Crippen LogP contribution in [0.4, 0.5) is 0 Å². The average molecular weight is 326 g/mol. The normalized spacial score (nSPS) is 23.2. The van der Waals surface area contributed by atoms with Crippen molar-refractivity contribution < 1.29 is 4.74 Å². The van der Waals surface area contributed by atoms with E-state index in [-0.39, 0.29) is 12.4 Å². The maximum absolute atomic E-state index is 5.50. The minimum Gasteiger partial charge on any atom is -0.494 e. The second-order valence-corrected chi connectivity index (χ2v) is 6.04. The molecule has 3 rings (SSSR count). The van der Waals surface area contributed by atoms with E-state index in [0.29, 0.717) is 0 Å². The fourth-order valence-electron chi connectivity index (χ4n) is 3.42. The van der Waals surface area contributed by atoms with Gasteiger partial charge in [-0.25, -0.2) is 0 Å². The van der Waals surface area contributed by atoms with Crippen LogP contribution >= 0.6 is 12.4 Å². The molecule has 0 radical (unpaired) electrons. The maximum Gasteiger partial charge on any atom is 0.119 e. The van der Waals surface area contributed by atoms with Gasteiger partial charge in [0.2, 0.25) is 0 Å². The van der Waals surface area contributed by atoms with E-state index in [1.807, 2.05) is 6.92 Å². The highest BCUT2D eigenvalue weighted by Gasteiger charge is 2.28. The number of benzene rings is 1. The van der Waals surface area contributed by atoms with Gasteiger partial charge in [0.1, 0.15) is 5.75 Å². The van der Waals surface area contributed by atoms with Crippen LogP contribution in [0.25, 0.3) is 0 Å². The molecule has 124 valence electrons. The fourth-order valence-corrected chi connectivity index (χ4v) is 3.42. The number of hydrogen-bond acceptors (Lipinski definition) is 4. The summed E-state index contributed by atoms with van der Waals surface area (Å²) in [6.07, 6.45) is 1.32. The van der Waals surface area contributed by atoms with Crippen molar-refractivity contribution in [2.24, 2.45) is 0 Å². The highest BCUT2D eigenvalue weighted by atomic mass is 35.5. The molecule has 1 N–H and O–H groups in total. The molecule has 22 heavy (non-hydrogen) atoms. The molecule has 0 aromatic heterocycles. The molecule has 2 saturated heterocycles. The molecule has 1 unspecified atom stereocenters. The van der Waals surface area contributed by atoms with Crippen LogP contribution in [0, 0.1) is 0 Å². The van der Waals surface area contributed by atoms with Crippen LogP contribution in [0.15, 0.2) is 24.3 Å². The second kappa shape index (κ2) is 8.73. The molecular formula is C17H28ClN3O. The van der Waals surface area contributed by atoms with Crippen LogP contribution in [0.2, 0.25) is 0 Å². The van der Waals surface area contributed by atoms with Gasteiger partial charge >= 0.3 is 0 Å². The van der Waals surface area contributed by atoms with Gasteiger partial charge in [-0.15, -0.1) is 12.4 Å². The molecule has 1 atom stereocenters. The molecule has 2 aliphatic heterocycles. The Morgan fingerprint density at radius 2 is 1.86 bits per heavy atom. The van der Waals surface area contributed by atoms with E-state index in [4.69, 9.17) is 4.74 Å². The molecule has 0 spiro atoms. The van der Waals surface area contributed by atoms with Crippen LogP contribution in [-0.2, 0) is 6.54 Å². The summed E-state index contributed by atoms with van der Waals surface area (Å²) >= 11 is 0. The van der Waals surface area contributed by atoms with E-state index in [2.05, 4.69) is 39.4 Å². The number of halogens is 1. The summed E-state index contributed by atoms with van der Waals surface area (Å²) in [5.74, 6) is 0.973. The fraction of sp³-hybridized carbons (Fsp3) is 0.647. The van der Waals surface area contributed by atoms with Gasteiger partial charge in [-0.2, -0.15) is 0 Å². The lowest BCUT2D eigenvalue weighted by atomic mass is 10.2. The Balaban J connectivity index is 0.00000176. The van der Waals surface area contributed by atoms with Gasteiger partial charge in [0.15, 0.2) is 0 Å². The third kappa shape index (κ3) is 4.59. The van der Waals surface area contributed by atoms with E-state index in [1.165, 1.54) is 38.2 Å². The Labute approximate surface area is 140 Å². The Morgan fingerprint density at radius 1 is 1.14 bits per heavy atom. The highest BCUT2D eigenvalue weighted by Crippen LogP contribution is 2.20. The number of rotatable bonds is 5. The topological polar surface area (TPSA) is 27.7 Å². The quantitative estimate of drug-likeness (QED) is 0.896. The molecule has 2 heterocycles. The molecule has 1 aromatic carbocycles. The summed E-state index contributed by atoms with van der Waals surface area (Å²) in [5.41, 5.74) is 1.39. The number of hydrogen-bond donors (Lipinski definition) is 1. The zero-order valence-electron chi connectivity index (χ0n) is 13.5. The molecule has 0 saturated carbocycles. The lowest BCUT2D eigenvalue weighted by molar-refractivity contribution is 0.170. The van der Waals surface area contributed by atoms with Crippen LogP contribution in [-0.4, -0.2) is 61.7 Å². The van der Waals surface area contributed by atoms with Crippen molar-refractivity contribution in [3.05, 3.63) is 29.8 Å². The SMILES string of the molecule is CCOc1ccc(CN2CCC(N3CCNCC3)C2)cc1.Cl. The molecule has 0 amide bonds. The van der Waals surface area contributed by atoms with Gasteiger partial charge < -0.3 is 10.1 Å². The smallest absolute Gasteiger partial charge is 0.119 e. The number of piperazine rings is 1. The zero-order chi connectivity index (χ0) is 14.5. The van der Waals surface area contributed by atoms with Gasteiger partial charge in [-0.1, -0.05) is 12.1 Å². The average Bonchev–Trinajstić information content (AvgIpc) is 2.99. The summed E-state index contributed by atoms with van der Waals surface area (Å²) in [5, 5.41) is 3.44. The minimum atomic E-state index is 0. The van der Waals surface area contributed by atoms with Crippen molar-refractivity contribution >= 4 is 12.4 Å². The van der Waals surface area contributed by atoms with E-state index < -0.39 is 0 Å². The number of nitrogens with one attached hydrogen (secondary N) is 1. The standard InChI is InChI=1S/C17H27N3O.ClH/c1-2-21-17-5-3-15(4-6-17)13-19-10-7-16(14-19)20-11-8-18-9-12-20;/h3-6,16,18H,2,7-14H2,1H3;1H. The predicted molar refractivity (Wildman–Crippen MR) is 93.0 cm³/mol. The lowest BCUT2D eigenvalue weighted by Crippen LogP contribution is -2.49. The summed E-state index contributed by atoms with van der Waals surface area (Å²) in [7, 11) is 0. The first-order chi connectivity index (χ1) is 10.3. The van der Waals surface area contributed by atoms with Crippen LogP contribution in [0.1, 0.15) is 18.9 Å².